The third kappa shape index (κ3) is 3.75. The Balaban J connectivity index is 2.00. The number of halogens is 1. The average molecular weight is 288 g/mol. The molecule has 0 unspecified atom stereocenters. The molecule has 0 heterocycles. The highest BCUT2D eigenvalue weighted by Gasteiger charge is 1.96. The van der Waals surface area contributed by atoms with E-state index in [1.165, 1.54) is 5.69 Å². The van der Waals surface area contributed by atoms with Gasteiger partial charge in [0.05, 0.1) is 11.9 Å². The molecule has 0 fully saturated rings. The van der Waals surface area contributed by atoms with Gasteiger partial charge in [-0.05, 0) is 42.3 Å². The Morgan fingerprint density at radius 2 is 1.80 bits per heavy atom. The van der Waals surface area contributed by atoms with E-state index >= 15 is 0 Å². The van der Waals surface area contributed by atoms with Gasteiger partial charge in [-0.2, -0.15) is 5.10 Å². The van der Waals surface area contributed by atoms with Gasteiger partial charge in [-0.1, -0.05) is 29.8 Å². The maximum atomic E-state index is 6.06. The molecule has 104 valence electrons. The van der Waals surface area contributed by atoms with Crippen molar-refractivity contribution in [1.82, 2.24) is 0 Å². The van der Waals surface area contributed by atoms with E-state index in [9.17, 15) is 0 Å². The Bertz CT molecular complexity index is 604. The minimum absolute atomic E-state index is 0.737. The maximum absolute atomic E-state index is 6.06. The molecule has 2 aromatic carbocycles. The highest BCUT2D eigenvalue weighted by atomic mass is 35.5. The standard InChI is InChI=1S/C16H18ClN3/c1-12-4-7-14(10-16(12)17)19-18-11-13-5-8-15(9-6-13)20(2)3/h4-11,19H,1-3H3/b18-11+. The summed E-state index contributed by atoms with van der Waals surface area (Å²) in [6.45, 7) is 1.97. The molecule has 0 aliphatic rings. The third-order valence-corrected chi connectivity index (χ3v) is 3.40. The fourth-order valence-electron chi connectivity index (χ4n) is 1.70. The number of anilines is 2. The molecule has 0 atom stereocenters. The zero-order valence-electron chi connectivity index (χ0n) is 11.9. The van der Waals surface area contributed by atoms with Crippen molar-refractivity contribution < 1.29 is 0 Å². The quantitative estimate of drug-likeness (QED) is 0.675. The number of benzene rings is 2. The van der Waals surface area contributed by atoms with Crippen molar-refractivity contribution in [3.63, 3.8) is 0 Å². The summed E-state index contributed by atoms with van der Waals surface area (Å²) in [6, 6.07) is 14.0. The Morgan fingerprint density at radius 3 is 2.40 bits per heavy atom. The van der Waals surface area contributed by atoms with Gasteiger partial charge in [0.15, 0.2) is 0 Å². The van der Waals surface area contributed by atoms with Crippen LogP contribution in [0.25, 0.3) is 0 Å². The molecule has 0 amide bonds. The van der Waals surface area contributed by atoms with Gasteiger partial charge >= 0.3 is 0 Å². The van der Waals surface area contributed by atoms with Gasteiger partial charge in [-0.25, -0.2) is 0 Å². The zero-order chi connectivity index (χ0) is 14.5. The molecule has 0 aliphatic carbocycles. The first kappa shape index (κ1) is 14.4. The van der Waals surface area contributed by atoms with Crippen LogP contribution < -0.4 is 10.3 Å². The molecule has 0 saturated carbocycles. The molecular formula is C16H18ClN3. The predicted molar refractivity (Wildman–Crippen MR) is 88.2 cm³/mol. The smallest absolute Gasteiger partial charge is 0.0576 e. The Labute approximate surface area is 124 Å². The first-order chi connectivity index (χ1) is 9.56. The summed E-state index contributed by atoms with van der Waals surface area (Å²) >= 11 is 6.06. The number of nitrogens with zero attached hydrogens (tertiary/aromatic N) is 2. The first-order valence-electron chi connectivity index (χ1n) is 6.39. The second-order valence-electron chi connectivity index (χ2n) is 4.82. The zero-order valence-corrected chi connectivity index (χ0v) is 12.6. The molecule has 0 spiro atoms. The number of hydrazone groups is 1. The van der Waals surface area contributed by atoms with Crippen molar-refractivity contribution in [2.75, 3.05) is 24.4 Å². The lowest BCUT2D eigenvalue weighted by atomic mass is 10.2. The Morgan fingerprint density at radius 1 is 1.10 bits per heavy atom. The Kier molecular flexibility index (Phi) is 4.64. The molecule has 0 aromatic heterocycles. The summed E-state index contributed by atoms with van der Waals surface area (Å²) in [5.41, 5.74) is 7.12. The molecule has 2 aromatic rings. The minimum Gasteiger partial charge on any atom is -0.378 e. The lowest BCUT2D eigenvalue weighted by Gasteiger charge is -2.11. The van der Waals surface area contributed by atoms with E-state index in [2.05, 4.69) is 27.6 Å². The summed E-state index contributed by atoms with van der Waals surface area (Å²) in [4.78, 5) is 2.06. The SMILES string of the molecule is Cc1ccc(N/N=C/c2ccc(N(C)C)cc2)cc1Cl. The number of hydrogen-bond donors (Lipinski definition) is 1. The fraction of sp³-hybridized carbons (Fsp3) is 0.188. The van der Waals surface area contributed by atoms with Gasteiger partial charge in [0.2, 0.25) is 0 Å². The second kappa shape index (κ2) is 6.44. The molecular weight excluding hydrogens is 270 g/mol. The Hall–Kier alpha value is -2.00. The van der Waals surface area contributed by atoms with Crippen LogP contribution in [0.3, 0.4) is 0 Å². The first-order valence-corrected chi connectivity index (χ1v) is 6.76. The lowest BCUT2D eigenvalue weighted by Crippen LogP contribution is -2.08. The molecule has 0 bridgehead atoms. The van der Waals surface area contributed by atoms with Crippen molar-refractivity contribution in [3.05, 3.63) is 58.6 Å². The van der Waals surface area contributed by atoms with Crippen molar-refractivity contribution in [2.45, 2.75) is 6.92 Å². The number of rotatable bonds is 4. The summed E-state index contributed by atoms with van der Waals surface area (Å²) in [7, 11) is 4.04. The van der Waals surface area contributed by atoms with Gasteiger partial charge in [0.1, 0.15) is 0 Å². The van der Waals surface area contributed by atoms with Gasteiger partial charge in [0.25, 0.3) is 0 Å². The topological polar surface area (TPSA) is 27.6 Å². The third-order valence-electron chi connectivity index (χ3n) is 2.99. The summed E-state index contributed by atoms with van der Waals surface area (Å²) in [6.07, 6.45) is 1.78. The number of hydrogen-bond acceptors (Lipinski definition) is 3. The van der Waals surface area contributed by atoms with Gasteiger partial charge in [-0.3, -0.25) is 5.43 Å². The van der Waals surface area contributed by atoms with E-state index in [0.717, 1.165) is 21.8 Å². The van der Waals surface area contributed by atoms with Crippen LogP contribution in [0.4, 0.5) is 11.4 Å². The van der Waals surface area contributed by atoms with Crippen molar-refractivity contribution >= 4 is 29.2 Å². The van der Waals surface area contributed by atoms with Gasteiger partial charge in [0, 0.05) is 24.8 Å². The number of nitrogens with one attached hydrogen (secondary N) is 1. The summed E-state index contributed by atoms with van der Waals surface area (Å²) < 4.78 is 0. The molecule has 0 aliphatic heterocycles. The van der Waals surface area contributed by atoms with E-state index in [-0.39, 0.29) is 0 Å². The fourth-order valence-corrected chi connectivity index (χ4v) is 1.88. The van der Waals surface area contributed by atoms with Crippen molar-refractivity contribution in [1.29, 1.82) is 0 Å². The summed E-state index contributed by atoms with van der Waals surface area (Å²) in [5, 5.41) is 4.95. The van der Waals surface area contributed by atoms with Crippen LogP contribution in [0.5, 0.6) is 0 Å². The van der Waals surface area contributed by atoms with Crippen LogP contribution in [0, 0.1) is 6.92 Å². The largest absolute Gasteiger partial charge is 0.378 e. The predicted octanol–water partition coefficient (Wildman–Crippen LogP) is 4.16. The van der Waals surface area contributed by atoms with E-state index in [4.69, 9.17) is 11.6 Å². The van der Waals surface area contributed by atoms with Crippen LogP contribution in [-0.2, 0) is 0 Å². The van der Waals surface area contributed by atoms with Crippen LogP contribution in [0.2, 0.25) is 5.02 Å². The van der Waals surface area contributed by atoms with E-state index in [1.54, 1.807) is 6.21 Å². The monoisotopic (exact) mass is 287 g/mol. The van der Waals surface area contributed by atoms with Gasteiger partial charge < -0.3 is 4.90 Å². The molecule has 4 heteroatoms. The average Bonchev–Trinajstić information content (AvgIpc) is 2.43. The van der Waals surface area contributed by atoms with Crippen LogP contribution in [0.1, 0.15) is 11.1 Å². The highest BCUT2D eigenvalue weighted by Crippen LogP contribution is 2.19. The van der Waals surface area contributed by atoms with Crippen molar-refractivity contribution in [3.8, 4) is 0 Å². The minimum atomic E-state index is 0.737. The molecule has 1 N–H and O–H groups in total. The normalized spacial score (nSPS) is 10.8. The van der Waals surface area contributed by atoms with E-state index in [1.807, 2.05) is 51.4 Å². The molecule has 0 radical (unpaired) electrons. The summed E-state index contributed by atoms with van der Waals surface area (Å²) in [5.74, 6) is 0. The van der Waals surface area contributed by atoms with Crippen LogP contribution in [-0.4, -0.2) is 20.3 Å². The maximum Gasteiger partial charge on any atom is 0.0576 e. The molecule has 0 saturated heterocycles. The second-order valence-corrected chi connectivity index (χ2v) is 5.23. The van der Waals surface area contributed by atoms with Crippen LogP contribution >= 0.6 is 11.6 Å². The number of aryl methyl sites for hydroxylation is 1. The molecule has 20 heavy (non-hydrogen) atoms. The van der Waals surface area contributed by atoms with Crippen molar-refractivity contribution in [2.24, 2.45) is 5.10 Å². The highest BCUT2D eigenvalue weighted by molar-refractivity contribution is 6.31. The van der Waals surface area contributed by atoms with Crippen LogP contribution in [0.15, 0.2) is 47.6 Å². The molecule has 3 nitrogen and oxygen atoms in total. The van der Waals surface area contributed by atoms with E-state index < -0.39 is 0 Å². The van der Waals surface area contributed by atoms with Gasteiger partial charge in [-0.15, -0.1) is 0 Å². The molecule has 2 rings (SSSR count). The lowest BCUT2D eigenvalue weighted by molar-refractivity contribution is 1.13. The van der Waals surface area contributed by atoms with E-state index in [0.29, 0.717) is 0 Å².